The van der Waals surface area contributed by atoms with Crippen molar-refractivity contribution in [1.82, 2.24) is 5.32 Å². The van der Waals surface area contributed by atoms with E-state index in [0.717, 1.165) is 18.9 Å². The Hall–Kier alpha value is -2.84. The SMILES string of the molecule is CCOc1cc([N+](=O)[O-])c(C(=O)OCC(=O)NC(CC)CC)cc1OC. The molecule has 0 unspecified atom stereocenters. The van der Waals surface area contributed by atoms with E-state index in [4.69, 9.17) is 14.2 Å². The molecule has 0 bridgehead atoms. The van der Waals surface area contributed by atoms with Gasteiger partial charge in [0, 0.05) is 12.1 Å². The topological polar surface area (TPSA) is 117 Å². The van der Waals surface area contributed by atoms with Gasteiger partial charge in [-0.25, -0.2) is 4.79 Å². The van der Waals surface area contributed by atoms with E-state index in [2.05, 4.69) is 5.32 Å². The number of benzene rings is 1. The van der Waals surface area contributed by atoms with E-state index >= 15 is 0 Å². The Bertz CT molecular complexity index is 657. The van der Waals surface area contributed by atoms with Crippen LogP contribution in [-0.2, 0) is 9.53 Å². The van der Waals surface area contributed by atoms with Gasteiger partial charge in [-0.05, 0) is 19.8 Å². The predicted molar refractivity (Wildman–Crippen MR) is 93.6 cm³/mol. The fourth-order valence-electron chi connectivity index (χ4n) is 2.26. The molecule has 0 heterocycles. The summed E-state index contributed by atoms with van der Waals surface area (Å²) in [5, 5.41) is 14.0. The summed E-state index contributed by atoms with van der Waals surface area (Å²) in [6.45, 7) is 5.31. The van der Waals surface area contributed by atoms with E-state index in [-0.39, 0.29) is 29.7 Å². The Morgan fingerprint density at radius 3 is 2.35 bits per heavy atom. The Balaban J connectivity index is 2.96. The number of nitro groups is 1. The quantitative estimate of drug-likeness (QED) is 0.383. The van der Waals surface area contributed by atoms with E-state index < -0.39 is 29.1 Å². The van der Waals surface area contributed by atoms with Crippen LogP contribution in [0.4, 0.5) is 5.69 Å². The van der Waals surface area contributed by atoms with Gasteiger partial charge in [-0.3, -0.25) is 14.9 Å². The van der Waals surface area contributed by atoms with Gasteiger partial charge >= 0.3 is 5.97 Å². The molecule has 144 valence electrons. The van der Waals surface area contributed by atoms with E-state index in [1.807, 2.05) is 13.8 Å². The van der Waals surface area contributed by atoms with Crippen molar-refractivity contribution in [2.45, 2.75) is 39.7 Å². The lowest BCUT2D eigenvalue weighted by Gasteiger charge is -2.15. The molecule has 0 fully saturated rings. The standard InChI is InChI=1S/C17H24N2O7/c1-5-11(6-2)18-16(20)10-26-17(21)12-8-14(24-4)15(25-7-3)9-13(12)19(22)23/h8-9,11H,5-7,10H2,1-4H3,(H,18,20). The zero-order valence-corrected chi connectivity index (χ0v) is 15.4. The second kappa shape index (κ2) is 10.2. The number of nitro benzene ring substituents is 1. The second-order valence-electron chi connectivity index (χ2n) is 5.37. The smallest absolute Gasteiger partial charge is 0.345 e. The van der Waals surface area contributed by atoms with Crippen LogP contribution in [0.15, 0.2) is 12.1 Å². The van der Waals surface area contributed by atoms with Crippen molar-refractivity contribution in [3.63, 3.8) is 0 Å². The van der Waals surface area contributed by atoms with Crippen LogP contribution >= 0.6 is 0 Å². The van der Waals surface area contributed by atoms with Crippen molar-refractivity contribution in [3.05, 3.63) is 27.8 Å². The Labute approximate surface area is 151 Å². The Morgan fingerprint density at radius 2 is 1.85 bits per heavy atom. The molecule has 0 saturated carbocycles. The zero-order valence-electron chi connectivity index (χ0n) is 15.4. The molecule has 9 nitrogen and oxygen atoms in total. The Morgan fingerprint density at radius 1 is 1.19 bits per heavy atom. The fourth-order valence-corrected chi connectivity index (χ4v) is 2.26. The maximum Gasteiger partial charge on any atom is 0.345 e. The van der Waals surface area contributed by atoms with Gasteiger partial charge in [0.05, 0.1) is 24.7 Å². The number of nitrogens with zero attached hydrogens (tertiary/aromatic N) is 1. The average Bonchev–Trinajstić information content (AvgIpc) is 2.63. The van der Waals surface area contributed by atoms with E-state index in [1.54, 1.807) is 6.92 Å². The molecule has 26 heavy (non-hydrogen) atoms. The lowest BCUT2D eigenvalue weighted by molar-refractivity contribution is -0.385. The van der Waals surface area contributed by atoms with E-state index in [1.165, 1.54) is 13.2 Å². The van der Waals surface area contributed by atoms with Gasteiger partial charge in [0.2, 0.25) is 0 Å². The third-order valence-corrected chi connectivity index (χ3v) is 3.68. The summed E-state index contributed by atoms with van der Waals surface area (Å²) in [4.78, 5) is 34.6. The van der Waals surface area contributed by atoms with Crippen LogP contribution < -0.4 is 14.8 Å². The lowest BCUT2D eigenvalue weighted by Crippen LogP contribution is -2.36. The molecule has 9 heteroatoms. The second-order valence-corrected chi connectivity index (χ2v) is 5.37. The third kappa shape index (κ3) is 5.61. The maximum atomic E-state index is 12.2. The first-order chi connectivity index (χ1) is 12.4. The van der Waals surface area contributed by atoms with Crippen molar-refractivity contribution in [3.8, 4) is 11.5 Å². The first-order valence-corrected chi connectivity index (χ1v) is 8.33. The molecule has 0 aliphatic rings. The number of carbonyl (C=O) groups is 2. The van der Waals surface area contributed by atoms with Crippen molar-refractivity contribution in [1.29, 1.82) is 0 Å². The van der Waals surface area contributed by atoms with Crippen LogP contribution in [0, 0.1) is 10.1 Å². The Kier molecular flexibility index (Phi) is 8.33. The van der Waals surface area contributed by atoms with Crippen molar-refractivity contribution < 1.29 is 28.7 Å². The highest BCUT2D eigenvalue weighted by Crippen LogP contribution is 2.35. The van der Waals surface area contributed by atoms with Gasteiger partial charge in [-0.2, -0.15) is 0 Å². The molecule has 0 aliphatic heterocycles. The number of carbonyl (C=O) groups excluding carboxylic acids is 2. The van der Waals surface area contributed by atoms with E-state index in [9.17, 15) is 19.7 Å². The van der Waals surface area contributed by atoms with Gasteiger partial charge < -0.3 is 19.5 Å². The van der Waals surface area contributed by atoms with Gasteiger partial charge in [0.1, 0.15) is 5.56 Å². The monoisotopic (exact) mass is 368 g/mol. The maximum absolute atomic E-state index is 12.2. The summed E-state index contributed by atoms with van der Waals surface area (Å²) in [7, 11) is 1.35. The van der Waals surface area contributed by atoms with Crippen LogP contribution in [-0.4, -0.2) is 43.2 Å². The molecule has 1 aromatic carbocycles. The van der Waals surface area contributed by atoms with Crippen LogP contribution in [0.1, 0.15) is 44.0 Å². The van der Waals surface area contributed by atoms with Crippen LogP contribution in [0.25, 0.3) is 0 Å². The third-order valence-electron chi connectivity index (χ3n) is 3.68. The molecular formula is C17H24N2O7. The number of hydrogen-bond acceptors (Lipinski definition) is 7. The summed E-state index contributed by atoms with van der Waals surface area (Å²) >= 11 is 0. The van der Waals surface area contributed by atoms with Gasteiger partial charge in [0.15, 0.2) is 18.1 Å². The largest absolute Gasteiger partial charge is 0.493 e. The van der Waals surface area contributed by atoms with Crippen LogP contribution in [0.3, 0.4) is 0 Å². The van der Waals surface area contributed by atoms with Crippen LogP contribution in [0.5, 0.6) is 11.5 Å². The molecule has 0 atom stereocenters. The molecule has 1 rings (SSSR count). The number of rotatable bonds is 10. The molecule has 0 aliphatic carbocycles. The molecule has 0 radical (unpaired) electrons. The van der Waals surface area contributed by atoms with Crippen molar-refractivity contribution in [2.24, 2.45) is 0 Å². The minimum atomic E-state index is -0.988. The molecule has 0 saturated heterocycles. The minimum Gasteiger partial charge on any atom is -0.493 e. The molecule has 0 spiro atoms. The summed E-state index contributed by atoms with van der Waals surface area (Å²) in [5.41, 5.74) is -0.801. The molecule has 1 aromatic rings. The molecule has 1 N–H and O–H groups in total. The number of amides is 1. The summed E-state index contributed by atoms with van der Waals surface area (Å²) in [5.74, 6) is -1.15. The number of methoxy groups -OCH3 is 1. The van der Waals surface area contributed by atoms with Crippen molar-refractivity contribution in [2.75, 3.05) is 20.3 Å². The number of esters is 1. The summed E-state index contributed by atoms with van der Waals surface area (Å²) in [6.07, 6.45) is 1.50. The predicted octanol–water partition coefficient (Wildman–Crippen LogP) is 2.46. The molecular weight excluding hydrogens is 344 g/mol. The highest BCUT2D eigenvalue weighted by Gasteiger charge is 2.26. The molecule has 0 aromatic heterocycles. The highest BCUT2D eigenvalue weighted by atomic mass is 16.6. The zero-order chi connectivity index (χ0) is 19.7. The fraction of sp³-hybridized carbons (Fsp3) is 0.529. The first-order valence-electron chi connectivity index (χ1n) is 8.33. The normalized spacial score (nSPS) is 10.3. The molecule has 1 amide bonds. The first kappa shape index (κ1) is 21.2. The van der Waals surface area contributed by atoms with Crippen LogP contribution in [0.2, 0.25) is 0 Å². The van der Waals surface area contributed by atoms with Gasteiger partial charge in [0.25, 0.3) is 11.6 Å². The summed E-state index contributed by atoms with van der Waals surface area (Å²) in [6, 6.07) is 2.26. The highest BCUT2D eigenvalue weighted by molar-refractivity contribution is 5.96. The lowest BCUT2D eigenvalue weighted by atomic mass is 10.1. The minimum absolute atomic E-state index is 0.0129. The van der Waals surface area contributed by atoms with Gasteiger partial charge in [-0.1, -0.05) is 13.8 Å². The van der Waals surface area contributed by atoms with E-state index in [0.29, 0.717) is 0 Å². The summed E-state index contributed by atoms with van der Waals surface area (Å²) < 4.78 is 15.3. The number of hydrogen-bond donors (Lipinski definition) is 1. The number of nitrogens with one attached hydrogen (secondary N) is 1. The van der Waals surface area contributed by atoms with Crippen molar-refractivity contribution >= 4 is 17.6 Å². The van der Waals surface area contributed by atoms with Gasteiger partial charge in [-0.15, -0.1) is 0 Å². The number of ether oxygens (including phenoxy) is 3. The average molecular weight is 368 g/mol.